The first-order valence-corrected chi connectivity index (χ1v) is 17.4. The van der Waals surface area contributed by atoms with E-state index in [-0.39, 0.29) is 17.6 Å². The van der Waals surface area contributed by atoms with E-state index in [2.05, 4.69) is 97.1 Å². The van der Waals surface area contributed by atoms with Crippen molar-refractivity contribution in [2.75, 3.05) is 45.2 Å². The van der Waals surface area contributed by atoms with E-state index in [9.17, 15) is 4.79 Å². The Labute approximate surface area is 272 Å². The van der Waals surface area contributed by atoms with Crippen LogP contribution in [-0.2, 0) is 13.1 Å². The number of thioether (sulfide) groups is 1. The van der Waals surface area contributed by atoms with E-state index >= 15 is 0 Å². The number of likely N-dealkylation sites (N-methyl/N-ethyl adjacent to an activating group) is 1. The molecule has 0 radical (unpaired) electrons. The number of rotatable bonds is 11. The largest absolute Gasteiger partial charge is 0.489 e. The number of ether oxygens (including phenoxy) is 1. The van der Waals surface area contributed by atoms with E-state index in [0.29, 0.717) is 22.9 Å². The molecule has 3 heterocycles. The van der Waals surface area contributed by atoms with Crippen molar-refractivity contribution in [3.8, 4) is 5.75 Å². The Kier molecular flexibility index (Phi) is 10.8. The molecule has 1 amide bonds. The predicted molar refractivity (Wildman–Crippen MR) is 188 cm³/mol. The minimum absolute atomic E-state index is 0.0149. The highest BCUT2D eigenvalue weighted by Crippen LogP contribution is 2.33. The van der Waals surface area contributed by atoms with Gasteiger partial charge in [0.25, 0.3) is 5.91 Å². The van der Waals surface area contributed by atoms with Crippen molar-refractivity contribution in [3.05, 3.63) is 76.0 Å². The van der Waals surface area contributed by atoms with Crippen LogP contribution in [0.25, 0.3) is 23.1 Å². The van der Waals surface area contributed by atoms with Crippen LogP contribution in [0.15, 0.2) is 48.6 Å². The summed E-state index contributed by atoms with van der Waals surface area (Å²) in [4.78, 5) is 17.7. The van der Waals surface area contributed by atoms with Crippen LogP contribution in [0.1, 0.15) is 67.2 Å². The molecule has 5 rings (SSSR count). The topological polar surface area (TPSA) is 49.7 Å². The number of fused-ring (bicyclic) bond motifs is 1. The molecule has 0 saturated carbocycles. The highest BCUT2D eigenvalue weighted by molar-refractivity contribution is 7.99. The van der Waals surface area contributed by atoms with Crippen molar-refractivity contribution in [3.63, 3.8) is 0 Å². The maximum Gasteiger partial charge on any atom is 0.251 e. The van der Waals surface area contributed by atoms with Crippen LogP contribution in [0.2, 0.25) is 5.02 Å². The molecule has 6 nitrogen and oxygen atoms in total. The molecule has 8 heteroatoms. The van der Waals surface area contributed by atoms with Gasteiger partial charge in [-0.05, 0) is 102 Å². The van der Waals surface area contributed by atoms with Crippen molar-refractivity contribution < 1.29 is 9.53 Å². The van der Waals surface area contributed by atoms with Crippen molar-refractivity contribution >= 4 is 52.3 Å². The third-order valence-electron chi connectivity index (χ3n) is 9.22. The molecule has 2 aromatic carbocycles. The zero-order chi connectivity index (χ0) is 31.3. The molecule has 2 fully saturated rings. The van der Waals surface area contributed by atoms with Gasteiger partial charge in [-0.15, -0.1) is 0 Å². The molecule has 1 aromatic heterocycles. The molecule has 1 unspecified atom stereocenters. The van der Waals surface area contributed by atoms with Gasteiger partial charge in [0.1, 0.15) is 11.9 Å². The fraction of sp³-hybridized carbons (Fsp3) is 0.472. The van der Waals surface area contributed by atoms with Gasteiger partial charge in [0.15, 0.2) is 0 Å². The molecule has 236 valence electrons. The van der Waals surface area contributed by atoms with Crippen LogP contribution in [0, 0.1) is 0 Å². The van der Waals surface area contributed by atoms with Crippen LogP contribution in [-0.4, -0.2) is 77.2 Å². The van der Waals surface area contributed by atoms with E-state index in [4.69, 9.17) is 16.3 Å². The lowest BCUT2D eigenvalue weighted by molar-refractivity contribution is 0.0913. The summed E-state index contributed by atoms with van der Waals surface area (Å²) in [7, 11) is 4.19. The van der Waals surface area contributed by atoms with Gasteiger partial charge in [0.2, 0.25) is 0 Å². The van der Waals surface area contributed by atoms with E-state index < -0.39 is 0 Å². The zero-order valence-corrected chi connectivity index (χ0v) is 28.4. The molecular formula is C36H47ClN4O2S. The number of allylic oxidation sites excluding steroid dienone is 2. The third-order valence-corrected chi connectivity index (χ3v) is 10.8. The summed E-state index contributed by atoms with van der Waals surface area (Å²) in [6.45, 7) is 10.8. The number of nitrogens with one attached hydrogen (secondary N) is 1. The Balaban J connectivity index is 1.17. The number of benzene rings is 2. The number of halogens is 1. The molecular weight excluding hydrogens is 588 g/mol. The summed E-state index contributed by atoms with van der Waals surface area (Å²) in [5.41, 5.74) is 5.77. The van der Waals surface area contributed by atoms with Gasteiger partial charge in [-0.25, -0.2) is 0 Å². The minimum Gasteiger partial charge on any atom is -0.489 e. The minimum atomic E-state index is -0.0924. The molecule has 0 spiro atoms. The molecule has 44 heavy (non-hydrogen) atoms. The lowest BCUT2D eigenvalue weighted by Crippen LogP contribution is -2.53. The Morgan fingerprint density at radius 1 is 1.14 bits per heavy atom. The highest BCUT2D eigenvalue weighted by atomic mass is 35.5. The Hall–Kier alpha value is -2.71. The van der Waals surface area contributed by atoms with Crippen LogP contribution in [0.3, 0.4) is 0 Å². The fourth-order valence-corrected chi connectivity index (χ4v) is 8.30. The Morgan fingerprint density at radius 2 is 1.91 bits per heavy atom. The molecule has 2 saturated heterocycles. The number of aromatic nitrogens is 1. The molecule has 2 aliphatic rings. The second kappa shape index (κ2) is 14.6. The van der Waals surface area contributed by atoms with E-state index in [1.165, 1.54) is 27.7 Å². The zero-order valence-electron chi connectivity index (χ0n) is 26.9. The second-order valence-corrected chi connectivity index (χ2v) is 13.7. The van der Waals surface area contributed by atoms with Gasteiger partial charge in [-0.3, -0.25) is 9.69 Å². The van der Waals surface area contributed by atoms with E-state index in [1.807, 2.05) is 23.9 Å². The Morgan fingerprint density at radius 3 is 2.55 bits per heavy atom. The van der Waals surface area contributed by atoms with Gasteiger partial charge in [0, 0.05) is 71.7 Å². The number of hydrogen-bond acceptors (Lipinski definition) is 5. The monoisotopic (exact) mass is 634 g/mol. The number of amides is 1. The predicted octanol–water partition coefficient (Wildman–Crippen LogP) is 7.59. The first-order chi connectivity index (χ1) is 21.3. The molecule has 2 aliphatic heterocycles. The van der Waals surface area contributed by atoms with Gasteiger partial charge in [-0.2, -0.15) is 11.8 Å². The Bertz CT molecular complexity index is 1510. The molecule has 1 atom stereocenters. The number of nitrogens with zero attached hydrogens (tertiary/aromatic N) is 3. The maximum absolute atomic E-state index is 12.9. The van der Waals surface area contributed by atoms with Crippen LogP contribution in [0.4, 0.5) is 0 Å². The van der Waals surface area contributed by atoms with Crippen LogP contribution >= 0.6 is 23.4 Å². The first kappa shape index (κ1) is 32.7. The summed E-state index contributed by atoms with van der Waals surface area (Å²) in [6, 6.07) is 12.3. The molecule has 3 aromatic rings. The lowest BCUT2D eigenvalue weighted by Gasteiger charge is -2.35. The SMILES string of the molecule is C/C=C\c1c(/C=C\C)n(CC)c2ccc(CN3CCC(Oc4ccc(C(=O)NCC5(N(C)C)CCSC5)cc4Cl)CC3)cc12. The number of likely N-dealkylation sites (tertiary alicyclic amines) is 1. The van der Waals surface area contributed by atoms with Gasteiger partial charge in [0.05, 0.1) is 5.02 Å². The number of piperidine rings is 1. The highest BCUT2D eigenvalue weighted by Gasteiger charge is 2.37. The first-order valence-electron chi connectivity index (χ1n) is 15.9. The van der Waals surface area contributed by atoms with Crippen LogP contribution < -0.4 is 10.1 Å². The molecule has 0 aliphatic carbocycles. The van der Waals surface area contributed by atoms with Crippen LogP contribution in [0.5, 0.6) is 5.75 Å². The number of aryl methyl sites for hydroxylation is 1. The van der Waals surface area contributed by atoms with Crippen molar-refractivity contribution in [2.45, 2.75) is 64.8 Å². The number of carbonyl (C=O) groups excluding carboxylic acids is 1. The lowest BCUT2D eigenvalue weighted by atomic mass is 9.97. The fourth-order valence-electron chi connectivity index (χ4n) is 6.52. The van der Waals surface area contributed by atoms with Crippen molar-refractivity contribution in [1.29, 1.82) is 0 Å². The van der Waals surface area contributed by atoms with Gasteiger partial charge >= 0.3 is 0 Å². The summed E-state index contributed by atoms with van der Waals surface area (Å²) < 4.78 is 8.74. The number of carbonyl (C=O) groups is 1. The molecule has 0 bridgehead atoms. The second-order valence-electron chi connectivity index (χ2n) is 12.2. The average molecular weight is 635 g/mol. The smallest absolute Gasteiger partial charge is 0.251 e. The van der Waals surface area contributed by atoms with E-state index in [0.717, 1.165) is 56.9 Å². The maximum atomic E-state index is 12.9. The summed E-state index contributed by atoms with van der Waals surface area (Å²) in [5.74, 6) is 2.72. The number of hydrogen-bond donors (Lipinski definition) is 1. The standard InChI is InChI=1S/C36H47ClN4O2S/c1-6-9-29-30-21-26(11-13-33(30)41(8-3)32(29)10-7-2)23-40-18-15-28(16-19-40)43-34-14-12-27(22-31(34)37)35(42)38-24-36(39(4)5)17-20-44-25-36/h6-7,9-14,21-22,28H,8,15-20,23-25H2,1-5H3,(H,38,42)/b9-6-,10-7-. The third kappa shape index (κ3) is 7.07. The normalized spacial score (nSPS) is 20.1. The van der Waals surface area contributed by atoms with Gasteiger partial charge < -0.3 is 19.5 Å². The van der Waals surface area contributed by atoms with E-state index in [1.54, 1.807) is 6.07 Å². The summed E-state index contributed by atoms with van der Waals surface area (Å²) in [6.07, 6.45) is 11.8. The summed E-state index contributed by atoms with van der Waals surface area (Å²) >= 11 is 8.57. The molecule has 1 N–H and O–H groups in total. The van der Waals surface area contributed by atoms with Gasteiger partial charge in [-0.1, -0.05) is 35.9 Å². The van der Waals surface area contributed by atoms with Crippen molar-refractivity contribution in [2.24, 2.45) is 0 Å². The summed E-state index contributed by atoms with van der Waals surface area (Å²) in [5, 5.41) is 4.94. The average Bonchev–Trinajstić information content (AvgIpc) is 3.62. The van der Waals surface area contributed by atoms with Crippen molar-refractivity contribution in [1.82, 2.24) is 19.7 Å². The quantitative estimate of drug-likeness (QED) is 0.236.